The summed E-state index contributed by atoms with van der Waals surface area (Å²) >= 11 is 0. The Balaban J connectivity index is 3.79. The van der Waals surface area contributed by atoms with Gasteiger partial charge < -0.3 is 9.84 Å². The summed E-state index contributed by atoms with van der Waals surface area (Å²) in [5.41, 5.74) is -4.86. The molecule has 0 amide bonds. The van der Waals surface area contributed by atoms with Crippen LogP contribution in [-0.4, -0.2) is 30.9 Å². The normalized spacial score (nSPS) is 14.2. The van der Waals surface area contributed by atoms with Crippen LogP contribution < -0.4 is 0 Å². The SMILES string of the molecule is CN=C(C)C(C(=O)OC)=C(O)c1cc(C(F)(F)F)cc(C(F)(F)F)c1. The minimum absolute atomic E-state index is 0.0879. The van der Waals surface area contributed by atoms with Gasteiger partial charge in [-0.15, -0.1) is 0 Å². The van der Waals surface area contributed by atoms with Gasteiger partial charge in [0.2, 0.25) is 0 Å². The van der Waals surface area contributed by atoms with E-state index in [9.17, 15) is 36.2 Å². The zero-order chi connectivity index (χ0) is 19.6. The first kappa shape index (κ1) is 20.5. The monoisotopic (exact) mass is 369 g/mol. The van der Waals surface area contributed by atoms with Gasteiger partial charge in [0, 0.05) is 18.3 Å². The number of methoxy groups -OCH3 is 1. The quantitative estimate of drug-likeness (QED) is 0.285. The lowest BCUT2D eigenvalue weighted by Gasteiger charge is -2.15. The van der Waals surface area contributed by atoms with Crippen molar-refractivity contribution in [2.45, 2.75) is 19.3 Å². The number of aliphatic imine (C=N–C) groups is 1. The molecule has 0 radical (unpaired) electrons. The smallest absolute Gasteiger partial charge is 0.416 e. The summed E-state index contributed by atoms with van der Waals surface area (Å²) in [5.74, 6) is -2.27. The zero-order valence-electron chi connectivity index (χ0n) is 13.2. The molecule has 1 aromatic rings. The second kappa shape index (κ2) is 7.16. The predicted octanol–water partition coefficient (Wildman–Crippen LogP) is 4.26. The molecule has 1 N–H and O–H groups in total. The standard InChI is InChI=1S/C15H13F6NO3/c1-7(22-2)11(13(24)25-3)12(23)8-4-9(14(16,17)18)6-10(5-8)15(19,20)21/h4-6,23H,1-3H3. The summed E-state index contributed by atoms with van der Waals surface area (Å²) in [7, 11) is 2.16. The number of nitrogens with zero attached hydrogens (tertiary/aromatic N) is 1. The molecule has 25 heavy (non-hydrogen) atoms. The second-order valence-corrected chi connectivity index (χ2v) is 4.82. The molecular weight excluding hydrogens is 356 g/mol. The molecule has 10 heteroatoms. The molecule has 1 aromatic carbocycles. The van der Waals surface area contributed by atoms with E-state index in [4.69, 9.17) is 0 Å². The Kier molecular flexibility index (Phi) is 5.88. The number of hydrogen-bond donors (Lipinski definition) is 1. The zero-order valence-corrected chi connectivity index (χ0v) is 13.2. The van der Waals surface area contributed by atoms with E-state index < -0.39 is 46.3 Å². The maximum absolute atomic E-state index is 12.9. The average Bonchev–Trinajstić information content (AvgIpc) is 2.52. The molecule has 0 aliphatic carbocycles. The highest BCUT2D eigenvalue weighted by Crippen LogP contribution is 2.37. The van der Waals surface area contributed by atoms with Crippen LogP contribution >= 0.6 is 0 Å². The maximum Gasteiger partial charge on any atom is 0.416 e. The summed E-state index contributed by atoms with van der Waals surface area (Å²) in [6.45, 7) is 1.24. The van der Waals surface area contributed by atoms with Gasteiger partial charge in [0.1, 0.15) is 11.3 Å². The minimum Gasteiger partial charge on any atom is -0.506 e. The molecule has 0 atom stereocenters. The second-order valence-electron chi connectivity index (χ2n) is 4.82. The van der Waals surface area contributed by atoms with Crippen molar-refractivity contribution in [3.05, 3.63) is 40.5 Å². The molecule has 0 heterocycles. The molecule has 138 valence electrons. The molecule has 0 aliphatic rings. The Morgan fingerprint density at radius 1 is 1.04 bits per heavy atom. The van der Waals surface area contributed by atoms with Crippen molar-refractivity contribution < 1.29 is 41.0 Å². The third kappa shape index (κ3) is 4.74. The summed E-state index contributed by atoms with van der Waals surface area (Å²) in [6, 6.07) is 0.516. The topological polar surface area (TPSA) is 58.9 Å². The third-order valence-electron chi connectivity index (χ3n) is 3.18. The Morgan fingerprint density at radius 3 is 1.80 bits per heavy atom. The fraction of sp³-hybridized carbons (Fsp3) is 0.333. The average molecular weight is 369 g/mol. The fourth-order valence-electron chi connectivity index (χ4n) is 1.87. The van der Waals surface area contributed by atoms with Crippen molar-refractivity contribution in [2.24, 2.45) is 4.99 Å². The number of aliphatic hydroxyl groups excluding tert-OH is 1. The van der Waals surface area contributed by atoms with Gasteiger partial charge in [-0.2, -0.15) is 26.3 Å². The van der Waals surface area contributed by atoms with E-state index in [2.05, 4.69) is 9.73 Å². The van der Waals surface area contributed by atoms with Crippen LogP contribution in [0, 0.1) is 0 Å². The van der Waals surface area contributed by atoms with Crippen molar-refractivity contribution >= 4 is 17.4 Å². The summed E-state index contributed by atoms with van der Waals surface area (Å²) < 4.78 is 81.6. The molecule has 0 unspecified atom stereocenters. The van der Waals surface area contributed by atoms with E-state index in [-0.39, 0.29) is 11.8 Å². The van der Waals surface area contributed by atoms with Gasteiger partial charge in [0.25, 0.3) is 0 Å². The number of halogens is 6. The van der Waals surface area contributed by atoms with Crippen molar-refractivity contribution in [3.63, 3.8) is 0 Å². The van der Waals surface area contributed by atoms with Crippen molar-refractivity contribution in [3.8, 4) is 0 Å². The van der Waals surface area contributed by atoms with E-state index in [1.807, 2.05) is 0 Å². The summed E-state index contributed by atoms with van der Waals surface area (Å²) in [4.78, 5) is 15.3. The molecule has 1 rings (SSSR count). The number of esters is 1. The molecule has 0 aromatic heterocycles. The molecule has 0 saturated heterocycles. The van der Waals surface area contributed by atoms with Crippen LogP contribution in [0.3, 0.4) is 0 Å². The van der Waals surface area contributed by atoms with Crippen molar-refractivity contribution in [1.29, 1.82) is 0 Å². The fourth-order valence-corrected chi connectivity index (χ4v) is 1.87. The minimum atomic E-state index is -5.09. The van der Waals surface area contributed by atoms with E-state index >= 15 is 0 Å². The van der Waals surface area contributed by atoms with Crippen LogP contribution in [0.2, 0.25) is 0 Å². The van der Waals surface area contributed by atoms with Crippen LogP contribution in [-0.2, 0) is 21.9 Å². The lowest BCUT2D eigenvalue weighted by Crippen LogP contribution is -2.16. The Labute approximate surface area is 138 Å². The highest BCUT2D eigenvalue weighted by molar-refractivity contribution is 6.23. The lowest BCUT2D eigenvalue weighted by molar-refractivity contribution is -0.143. The number of hydrogen-bond acceptors (Lipinski definition) is 4. The van der Waals surface area contributed by atoms with Crippen LogP contribution in [0.15, 0.2) is 28.8 Å². The molecule has 0 bridgehead atoms. The van der Waals surface area contributed by atoms with Crippen molar-refractivity contribution in [2.75, 3.05) is 14.2 Å². The van der Waals surface area contributed by atoms with E-state index in [1.54, 1.807) is 0 Å². The first-order valence-corrected chi connectivity index (χ1v) is 6.58. The highest BCUT2D eigenvalue weighted by atomic mass is 19.4. The van der Waals surface area contributed by atoms with Gasteiger partial charge in [0.15, 0.2) is 0 Å². The van der Waals surface area contributed by atoms with Gasteiger partial charge in [-0.05, 0) is 25.1 Å². The largest absolute Gasteiger partial charge is 0.506 e. The number of ether oxygens (including phenoxy) is 1. The van der Waals surface area contributed by atoms with Crippen LogP contribution in [0.5, 0.6) is 0 Å². The Morgan fingerprint density at radius 2 is 1.48 bits per heavy atom. The van der Waals surface area contributed by atoms with E-state index in [1.165, 1.54) is 14.0 Å². The number of rotatable bonds is 3. The highest BCUT2D eigenvalue weighted by Gasteiger charge is 2.37. The molecular formula is C15H13F6NO3. The van der Waals surface area contributed by atoms with Gasteiger partial charge >= 0.3 is 18.3 Å². The first-order chi connectivity index (χ1) is 11.3. The van der Waals surface area contributed by atoms with Crippen LogP contribution in [0.4, 0.5) is 26.3 Å². The number of carbonyl (C=O) groups is 1. The van der Waals surface area contributed by atoms with Gasteiger partial charge in [-0.1, -0.05) is 0 Å². The molecule has 4 nitrogen and oxygen atoms in total. The van der Waals surface area contributed by atoms with Crippen molar-refractivity contribution in [1.82, 2.24) is 0 Å². The number of benzene rings is 1. The van der Waals surface area contributed by atoms with Crippen LogP contribution in [0.1, 0.15) is 23.6 Å². The predicted molar refractivity (Wildman–Crippen MR) is 77.0 cm³/mol. The summed E-state index contributed by atoms with van der Waals surface area (Å²) in [6.07, 6.45) is -10.2. The van der Waals surface area contributed by atoms with E-state index in [0.717, 1.165) is 7.11 Å². The van der Waals surface area contributed by atoms with Gasteiger partial charge in [-0.3, -0.25) is 4.99 Å². The maximum atomic E-state index is 12.9. The Bertz CT molecular complexity index is 700. The number of aliphatic hydroxyl groups is 1. The Hall–Kier alpha value is -2.52. The van der Waals surface area contributed by atoms with Crippen LogP contribution in [0.25, 0.3) is 5.76 Å². The molecule has 0 fully saturated rings. The molecule has 0 saturated carbocycles. The van der Waals surface area contributed by atoms with Gasteiger partial charge in [-0.25, -0.2) is 4.79 Å². The van der Waals surface area contributed by atoms with E-state index in [0.29, 0.717) is 12.1 Å². The number of alkyl halides is 6. The number of carbonyl (C=O) groups excluding carboxylic acids is 1. The first-order valence-electron chi connectivity index (χ1n) is 6.58. The van der Waals surface area contributed by atoms with Gasteiger partial charge in [0.05, 0.1) is 18.2 Å². The molecule has 0 spiro atoms. The molecule has 0 aliphatic heterocycles. The summed E-state index contributed by atoms with van der Waals surface area (Å²) in [5, 5.41) is 10.1. The lowest BCUT2D eigenvalue weighted by atomic mass is 9.99. The third-order valence-corrected chi connectivity index (χ3v) is 3.18.